The van der Waals surface area contributed by atoms with E-state index in [0.29, 0.717) is 6.42 Å². The molecule has 0 aromatic carbocycles. The first kappa shape index (κ1) is 11.9. The van der Waals surface area contributed by atoms with E-state index in [0.717, 1.165) is 0 Å². The van der Waals surface area contributed by atoms with Crippen molar-refractivity contribution in [2.45, 2.75) is 51.0 Å². The zero-order valence-electron chi connectivity index (χ0n) is 8.37. The highest BCUT2D eigenvalue weighted by atomic mass is 16.6. The average molecular weight is 206 g/mol. The lowest BCUT2D eigenvalue weighted by Gasteiger charge is -2.38. The third kappa shape index (κ3) is 2.43. The van der Waals surface area contributed by atoms with Crippen molar-refractivity contribution >= 4 is 0 Å². The van der Waals surface area contributed by atoms with Gasteiger partial charge in [0.05, 0.1) is 6.10 Å². The maximum absolute atomic E-state index is 9.53. The lowest BCUT2D eigenvalue weighted by Crippen LogP contribution is -2.57. The van der Waals surface area contributed by atoms with Gasteiger partial charge in [0.15, 0.2) is 6.29 Å². The summed E-state index contributed by atoms with van der Waals surface area (Å²) < 4.78 is 4.99. The van der Waals surface area contributed by atoms with Gasteiger partial charge in [0, 0.05) is 0 Å². The molecule has 1 heterocycles. The number of ether oxygens (including phenoxy) is 1. The third-order valence-electron chi connectivity index (χ3n) is 2.39. The zero-order valence-corrected chi connectivity index (χ0v) is 8.37. The number of hydrogen-bond acceptors (Lipinski definition) is 5. The molecule has 1 rings (SSSR count). The quantitative estimate of drug-likeness (QED) is 0.457. The Morgan fingerprint density at radius 3 is 2.07 bits per heavy atom. The molecule has 4 N–H and O–H groups in total. The summed E-state index contributed by atoms with van der Waals surface area (Å²) >= 11 is 0. The van der Waals surface area contributed by atoms with E-state index in [1.54, 1.807) is 0 Å². The molecule has 0 radical (unpaired) electrons. The van der Waals surface area contributed by atoms with Crippen LogP contribution in [-0.2, 0) is 4.74 Å². The zero-order chi connectivity index (χ0) is 10.9. The number of hydrogen-bond donors (Lipinski definition) is 4. The Morgan fingerprint density at radius 2 is 1.57 bits per heavy atom. The summed E-state index contributed by atoms with van der Waals surface area (Å²) in [6.45, 7) is 3.89. The van der Waals surface area contributed by atoms with Crippen LogP contribution >= 0.6 is 0 Å². The molecule has 1 aliphatic rings. The summed E-state index contributed by atoms with van der Waals surface area (Å²) in [5, 5.41) is 37.3. The van der Waals surface area contributed by atoms with E-state index in [9.17, 15) is 20.4 Å². The molecule has 5 nitrogen and oxygen atoms in total. The minimum atomic E-state index is -1.44. The van der Waals surface area contributed by atoms with Crippen LogP contribution in [0.5, 0.6) is 0 Å². The van der Waals surface area contributed by atoms with E-state index in [1.807, 2.05) is 13.8 Å². The van der Waals surface area contributed by atoms with Gasteiger partial charge in [-0.2, -0.15) is 0 Å². The van der Waals surface area contributed by atoms with Gasteiger partial charge in [-0.3, -0.25) is 0 Å². The van der Waals surface area contributed by atoms with E-state index >= 15 is 0 Å². The minimum absolute atomic E-state index is 0.282. The normalized spacial score (nSPS) is 44.4. The van der Waals surface area contributed by atoms with Crippen molar-refractivity contribution < 1.29 is 25.2 Å². The van der Waals surface area contributed by atoms with Crippen LogP contribution in [0.15, 0.2) is 0 Å². The molecule has 0 amide bonds. The van der Waals surface area contributed by atoms with Crippen LogP contribution in [-0.4, -0.2) is 51.1 Å². The molecule has 14 heavy (non-hydrogen) atoms. The standard InChI is InChI=1S/C9H18O5/c1-4(2)3-5-6(10)7(11)8(12)9(13)14-5/h4-13H,3H2,1-2H3/t5-,6+,7+,8+,9?/m1/s1. The van der Waals surface area contributed by atoms with Crippen LogP contribution in [0.25, 0.3) is 0 Å². The van der Waals surface area contributed by atoms with Gasteiger partial charge in [-0.25, -0.2) is 0 Å². The fraction of sp³-hybridized carbons (Fsp3) is 1.00. The summed E-state index contributed by atoms with van der Waals surface area (Å²) in [4.78, 5) is 0. The van der Waals surface area contributed by atoms with Gasteiger partial charge in [-0.1, -0.05) is 13.8 Å². The van der Waals surface area contributed by atoms with Gasteiger partial charge in [0.2, 0.25) is 0 Å². The molecule has 5 heteroatoms. The van der Waals surface area contributed by atoms with Crippen molar-refractivity contribution in [3.8, 4) is 0 Å². The Hall–Kier alpha value is -0.200. The second kappa shape index (κ2) is 4.55. The molecule has 0 aromatic rings. The Bertz CT molecular complexity index is 184. The highest BCUT2D eigenvalue weighted by molar-refractivity contribution is 4.88. The fourth-order valence-electron chi connectivity index (χ4n) is 1.59. The summed E-state index contributed by atoms with van der Waals surface area (Å²) in [6, 6.07) is 0. The van der Waals surface area contributed by atoms with E-state index < -0.39 is 30.7 Å². The third-order valence-corrected chi connectivity index (χ3v) is 2.39. The molecular formula is C9H18O5. The monoisotopic (exact) mass is 206 g/mol. The molecule has 0 saturated carbocycles. The predicted octanol–water partition coefficient (Wildman–Crippen LogP) is -1.17. The topological polar surface area (TPSA) is 90.2 Å². The smallest absolute Gasteiger partial charge is 0.183 e. The van der Waals surface area contributed by atoms with Crippen LogP contribution in [0.1, 0.15) is 20.3 Å². The predicted molar refractivity (Wildman–Crippen MR) is 48.4 cm³/mol. The van der Waals surface area contributed by atoms with E-state index in [4.69, 9.17) is 4.74 Å². The Kier molecular flexibility index (Phi) is 3.86. The van der Waals surface area contributed by atoms with Gasteiger partial charge in [-0.15, -0.1) is 0 Å². The van der Waals surface area contributed by atoms with Crippen molar-refractivity contribution in [2.24, 2.45) is 5.92 Å². The molecule has 1 unspecified atom stereocenters. The second-order valence-electron chi connectivity index (χ2n) is 4.17. The van der Waals surface area contributed by atoms with Gasteiger partial charge in [-0.05, 0) is 12.3 Å². The Labute approximate surface area is 82.9 Å². The molecule has 1 aliphatic heterocycles. The molecule has 0 aromatic heterocycles. The maximum atomic E-state index is 9.53. The number of aliphatic hydroxyl groups excluding tert-OH is 4. The number of aliphatic hydroxyl groups is 4. The molecule has 0 bridgehead atoms. The molecule has 84 valence electrons. The lowest BCUT2D eigenvalue weighted by atomic mass is 9.93. The van der Waals surface area contributed by atoms with Crippen LogP contribution in [0.4, 0.5) is 0 Å². The highest BCUT2D eigenvalue weighted by Crippen LogP contribution is 2.24. The van der Waals surface area contributed by atoms with Crippen molar-refractivity contribution in [3.05, 3.63) is 0 Å². The fourth-order valence-corrected chi connectivity index (χ4v) is 1.59. The average Bonchev–Trinajstić information content (AvgIpc) is 2.10. The van der Waals surface area contributed by atoms with E-state index in [1.165, 1.54) is 0 Å². The molecule has 1 saturated heterocycles. The minimum Gasteiger partial charge on any atom is -0.388 e. The first-order chi connectivity index (χ1) is 6.43. The molecule has 0 spiro atoms. The lowest BCUT2D eigenvalue weighted by molar-refractivity contribution is -0.283. The van der Waals surface area contributed by atoms with Crippen LogP contribution in [0.3, 0.4) is 0 Å². The van der Waals surface area contributed by atoms with Crippen molar-refractivity contribution in [3.63, 3.8) is 0 Å². The highest BCUT2D eigenvalue weighted by Gasteiger charge is 2.42. The SMILES string of the molecule is CC(C)C[C@H]1OC(O)[C@@H](O)[C@@H](O)[C@H]1O. The largest absolute Gasteiger partial charge is 0.388 e. The summed E-state index contributed by atoms with van der Waals surface area (Å²) in [5.74, 6) is 0.282. The first-order valence-corrected chi connectivity index (χ1v) is 4.81. The van der Waals surface area contributed by atoms with E-state index in [-0.39, 0.29) is 5.92 Å². The summed E-state index contributed by atoms with van der Waals surface area (Å²) in [5.41, 5.74) is 0. The van der Waals surface area contributed by atoms with Crippen molar-refractivity contribution in [1.29, 1.82) is 0 Å². The van der Waals surface area contributed by atoms with Gasteiger partial charge >= 0.3 is 0 Å². The van der Waals surface area contributed by atoms with Crippen LogP contribution in [0.2, 0.25) is 0 Å². The number of rotatable bonds is 2. The maximum Gasteiger partial charge on any atom is 0.183 e. The molecule has 0 aliphatic carbocycles. The first-order valence-electron chi connectivity index (χ1n) is 4.81. The molecule has 5 atom stereocenters. The van der Waals surface area contributed by atoms with Gasteiger partial charge in [0.1, 0.15) is 18.3 Å². The molecule has 1 fully saturated rings. The van der Waals surface area contributed by atoms with Crippen LogP contribution in [0, 0.1) is 5.92 Å². The Balaban J connectivity index is 2.60. The van der Waals surface area contributed by atoms with Crippen LogP contribution < -0.4 is 0 Å². The van der Waals surface area contributed by atoms with Crippen molar-refractivity contribution in [2.75, 3.05) is 0 Å². The van der Waals surface area contributed by atoms with Crippen molar-refractivity contribution in [1.82, 2.24) is 0 Å². The van der Waals surface area contributed by atoms with Gasteiger partial charge < -0.3 is 25.2 Å². The molecular weight excluding hydrogens is 188 g/mol. The summed E-state index contributed by atoms with van der Waals surface area (Å²) in [7, 11) is 0. The van der Waals surface area contributed by atoms with E-state index in [2.05, 4.69) is 0 Å². The Morgan fingerprint density at radius 1 is 1.00 bits per heavy atom. The second-order valence-corrected chi connectivity index (χ2v) is 4.17. The summed E-state index contributed by atoms with van der Waals surface area (Å²) in [6.07, 6.45) is -5.44. The van der Waals surface area contributed by atoms with Gasteiger partial charge in [0.25, 0.3) is 0 Å².